The largest absolute Gasteiger partial charge is 4.00 e. The van der Waals surface area contributed by atoms with Crippen molar-refractivity contribution < 1.29 is 51.0 Å². The van der Waals surface area contributed by atoms with Crippen molar-refractivity contribution in [3.05, 3.63) is 35.9 Å². The predicted molar refractivity (Wildman–Crippen MR) is 82.7 cm³/mol. The summed E-state index contributed by atoms with van der Waals surface area (Å²) < 4.78 is 0. The minimum atomic E-state index is -0.757. The second-order valence-electron chi connectivity index (χ2n) is 6.56. The molecule has 0 saturated carbocycles. The fourth-order valence-electron chi connectivity index (χ4n) is 2.66. The first-order chi connectivity index (χ1) is 7.20. The maximum atomic E-state index is 2.48. The molecule has 0 bridgehead atoms. The van der Waals surface area contributed by atoms with Crippen molar-refractivity contribution >= 4 is 8.80 Å². The zero-order chi connectivity index (χ0) is 12.6. The molecule has 0 aliphatic heterocycles. The van der Waals surface area contributed by atoms with Crippen LogP contribution in [0.5, 0.6) is 0 Å². The van der Waals surface area contributed by atoms with Crippen LogP contribution in [0.25, 0.3) is 6.15 Å². The van der Waals surface area contributed by atoms with Gasteiger partial charge < -0.3 is 36.9 Å². The molecule has 116 valence electrons. The summed E-state index contributed by atoms with van der Waals surface area (Å²) in [4.78, 5) is 0. The molecule has 1 atom stereocenters. The summed E-state index contributed by atoms with van der Waals surface area (Å²) in [6.45, 7) is 16.8. The van der Waals surface area contributed by atoms with Crippen LogP contribution in [0.1, 0.15) is 41.0 Å². The third-order valence-corrected chi connectivity index (χ3v) is 7.61. The molecule has 1 aliphatic rings. The van der Waals surface area contributed by atoms with Gasteiger partial charge in [0.05, 0.1) is 0 Å². The standard InChI is InChI=1S/C15H27Si.2ClH.H2N.Zr/c1-12(14(2,3)4)15(5,16(6)7)13-10-8-9-11-13;;;;/h8-10,16H,11H2,1-7H3;2*1H;1H2;/q-1;;;-1;+4/p-2. The van der Waals surface area contributed by atoms with E-state index in [2.05, 4.69) is 65.9 Å². The zero-order valence-electron chi connectivity index (χ0n) is 13.8. The summed E-state index contributed by atoms with van der Waals surface area (Å²) in [6, 6.07) is 0. The van der Waals surface area contributed by atoms with Crippen LogP contribution in [0.15, 0.2) is 23.8 Å². The Morgan fingerprint density at radius 3 is 1.80 bits per heavy atom. The van der Waals surface area contributed by atoms with E-state index in [-0.39, 0.29) is 57.2 Å². The SMILES string of the molecule is C[C-](C(C)(C)C)C(C)(C1=CC=CC1)[SiH](C)C.[Cl-].[Cl-].[NH2-].[Zr+4]. The maximum Gasteiger partial charge on any atom is 4.00 e. The second kappa shape index (κ2) is 10.8. The molecule has 1 nitrogen and oxygen atoms in total. The van der Waals surface area contributed by atoms with E-state index in [1.807, 2.05) is 0 Å². The molecule has 1 unspecified atom stereocenters. The van der Waals surface area contributed by atoms with E-state index in [0.717, 1.165) is 6.42 Å². The molecule has 0 spiro atoms. The third kappa shape index (κ3) is 6.08. The Hall–Kier alpha value is 1.12. The Bertz CT molecular complexity index is 324. The average molecular weight is 414 g/mol. The van der Waals surface area contributed by atoms with E-state index in [1.54, 1.807) is 11.5 Å². The molecular formula is C15H29Cl2NSiZr. The van der Waals surface area contributed by atoms with Crippen LogP contribution in [-0.4, -0.2) is 8.80 Å². The number of allylic oxidation sites excluding steroid dienone is 4. The average Bonchev–Trinajstić information content (AvgIpc) is 2.66. The Balaban J connectivity index is -0.000000320. The fraction of sp³-hybridized carbons (Fsp3) is 0.667. The molecule has 0 radical (unpaired) electrons. The molecule has 1 rings (SSSR count). The van der Waals surface area contributed by atoms with Gasteiger partial charge in [-0.25, -0.2) is 0 Å². The Labute approximate surface area is 159 Å². The molecule has 0 heterocycles. The monoisotopic (exact) mass is 411 g/mol. The second-order valence-corrected chi connectivity index (χ2v) is 10.0. The quantitative estimate of drug-likeness (QED) is 0.441. The number of nitrogens with two attached hydrogens (primary N) is 1. The van der Waals surface area contributed by atoms with Crippen molar-refractivity contribution in [1.82, 2.24) is 0 Å². The molecule has 0 fully saturated rings. The van der Waals surface area contributed by atoms with Crippen molar-refractivity contribution in [1.29, 1.82) is 0 Å². The molecule has 0 aromatic carbocycles. The first-order valence-electron chi connectivity index (χ1n) is 6.41. The minimum Gasteiger partial charge on any atom is -1.00 e. The fourth-order valence-corrected chi connectivity index (χ4v) is 4.91. The van der Waals surface area contributed by atoms with E-state index in [9.17, 15) is 0 Å². The van der Waals surface area contributed by atoms with E-state index < -0.39 is 8.80 Å². The van der Waals surface area contributed by atoms with Gasteiger partial charge in [0, 0.05) is 8.80 Å². The number of hydrogen-bond acceptors (Lipinski definition) is 0. The molecular weight excluding hydrogens is 384 g/mol. The van der Waals surface area contributed by atoms with Gasteiger partial charge in [-0.05, 0) is 6.42 Å². The van der Waals surface area contributed by atoms with E-state index in [4.69, 9.17) is 0 Å². The van der Waals surface area contributed by atoms with Crippen LogP contribution in [0.3, 0.4) is 0 Å². The summed E-state index contributed by atoms with van der Waals surface area (Å²) in [5, 5.41) is 0.377. The summed E-state index contributed by atoms with van der Waals surface area (Å²) in [6.07, 6.45) is 8.03. The Kier molecular flexibility index (Phi) is 15.7. The van der Waals surface area contributed by atoms with Crippen molar-refractivity contribution in [3.63, 3.8) is 0 Å². The van der Waals surface area contributed by atoms with Crippen molar-refractivity contribution in [3.8, 4) is 0 Å². The molecule has 2 N–H and O–H groups in total. The summed E-state index contributed by atoms with van der Waals surface area (Å²) in [7, 11) is -0.757. The molecule has 1 aliphatic carbocycles. The Morgan fingerprint density at radius 2 is 1.55 bits per heavy atom. The smallest absolute Gasteiger partial charge is 1.00 e. The van der Waals surface area contributed by atoms with E-state index in [1.165, 1.54) is 0 Å². The van der Waals surface area contributed by atoms with Gasteiger partial charge >= 0.3 is 26.2 Å². The van der Waals surface area contributed by atoms with Gasteiger partial charge in [-0.1, -0.05) is 64.6 Å². The van der Waals surface area contributed by atoms with Gasteiger partial charge in [-0.2, -0.15) is 12.3 Å². The zero-order valence-corrected chi connectivity index (χ0v) is 19.0. The van der Waals surface area contributed by atoms with Gasteiger partial charge in [0.25, 0.3) is 0 Å². The van der Waals surface area contributed by atoms with Crippen molar-refractivity contribution in [2.24, 2.45) is 5.41 Å². The molecule has 5 heteroatoms. The van der Waals surface area contributed by atoms with E-state index >= 15 is 0 Å². The van der Waals surface area contributed by atoms with Gasteiger partial charge in [0.2, 0.25) is 0 Å². The van der Waals surface area contributed by atoms with E-state index in [0.29, 0.717) is 10.5 Å². The number of rotatable bonds is 3. The molecule has 0 saturated heterocycles. The van der Waals surface area contributed by atoms with Gasteiger partial charge in [0.1, 0.15) is 0 Å². The van der Waals surface area contributed by atoms with Crippen molar-refractivity contribution in [2.45, 2.75) is 59.2 Å². The normalized spacial score (nSPS) is 16.4. The number of halogens is 2. The van der Waals surface area contributed by atoms with Crippen LogP contribution in [0.4, 0.5) is 0 Å². The Morgan fingerprint density at radius 1 is 1.10 bits per heavy atom. The summed E-state index contributed by atoms with van der Waals surface area (Å²) >= 11 is 0. The van der Waals surface area contributed by atoms with Gasteiger partial charge in [-0.15, -0.1) is 5.04 Å². The third-order valence-electron chi connectivity index (χ3n) is 4.50. The van der Waals surface area contributed by atoms with Crippen LogP contribution in [0.2, 0.25) is 18.1 Å². The van der Waals surface area contributed by atoms with Gasteiger partial charge in [-0.3, -0.25) is 0 Å². The van der Waals surface area contributed by atoms with Crippen LogP contribution in [0, 0.1) is 11.3 Å². The van der Waals surface area contributed by atoms with Crippen LogP contribution >= 0.6 is 0 Å². The molecule has 0 amide bonds. The van der Waals surface area contributed by atoms with Crippen molar-refractivity contribution in [2.75, 3.05) is 0 Å². The minimum absolute atomic E-state index is 0. The summed E-state index contributed by atoms with van der Waals surface area (Å²) in [5.41, 5.74) is 1.96. The van der Waals surface area contributed by atoms with Crippen LogP contribution < -0.4 is 24.8 Å². The predicted octanol–water partition coefficient (Wildman–Crippen LogP) is -0.517. The molecule has 0 aromatic heterocycles. The summed E-state index contributed by atoms with van der Waals surface area (Å²) in [5.74, 6) is 1.66. The first kappa shape index (κ1) is 29.2. The first-order valence-corrected chi connectivity index (χ1v) is 9.30. The van der Waals surface area contributed by atoms with Gasteiger partial charge in [0.15, 0.2) is 0 Å². The number of hydrogen-bond donors (Lipinski definition) is 0. The topological polar surface area (TPSA) is 33.5 Å². The van der Waals surface area contributed by atoms with Crippen LogP contribution in [-0.2, 0) is 26.2 Å². The maximum absolute atomic E-state index is 2.48. The molecule has 20 heavy (non-hydrogen) atoms. The molecule has 0 aromatic rings.